The number of ether oxygens (including phenoxy) is 5. The zero-order valence-corrected chi connectivity index (χ0v) is 35.1. The lowest BCUT2D eigenvalue weighted by molar-refractivity contribution is -0.183. The van der Waals surface area contributed by atoms with Gasteiger partial charge in [0, 0.05) is 28.9 Å². The van der Waals surface area contributed by atoms with Crippen molar-refractivity contribution in [3.63, 3.8) is 0 Å². The van der Waals surface area contributed by atoms with Gasteiger partial charge in [0.2, 0.25) is 0 Å². The van der Waals surface area contributed by atoms with E-state index in [1.165, 1.54) is 18.1 Å². The molecule has 358 valence electrons. The average Bonchev–Trinajstić information content (AvgIpc) is 3.62. The Bertz CT molecular complexity index is 2480. The summed E-state index contributed by atoms with van der Waals surface area (Å²) in [4.78, 5) is 33.7. The van der Waals surface area contributed by atoms with Crippen LogP contribution in [0.1, 0.15) is 58.9 Å². The second kappa shape index (κ2) is 25.9. The van der Waals surface area contributed by atoms with E-state index in [0.717, 1.165) is 56.7 Å². The second-order valence-electron chi connectivity index (χ2n) is 14.4. The second-order valence-corrected chi connectivity index (χ2v) is 14.4. The highest BCUT2D eigenvalue weighted by Crippen LogP contribution is 2.57. The maximum absolute atomic E-state index is 11.7. The van der Waals surface area contributed by atoms with E-state index in [-0.39, 0.29) is 61.7 Å². The number of rotatable bonds is 16. The molecule has 0 unspecified atom stereocenters. The van der Waals surface area contributed by atoms with E-state index in [9.17, 15) is 27.6 Å². The van der Waals surface area contributed by atoms with Gasteiger partial charge in [0.1, 0.15) is 37.9 Å². The molecule has 0 fully saturated rings. The van der Waals surface area contributed by atoms with Crippen molar-refractivity contribution in [1.29, 1.82) is 0 Å². The number of alkyl halides is 3. The van der Waals surface area contributed by atoms with Crippen LogP contribution in [-0.2, 0) is 34.0 Å². The molecule has 8 nitrogen and oxygen atoms in total. The number of benzene rings is 6. The first-order valence-corrected chi connectivity index (χ1v) is 20.2. The fraction of sp³-hybridized carbons (Fsp3) is 0.211. The molecule has 0 heterocycles. The van der Waals surface area contributed by atoms with Gasteiger partial charge in [-0.3, -0.25) is 0 Å². The van der Waals surface area contributed by atoms with Gasteiger partial charge in [-0.15, -0.1) is 0 Å². The smallest absolute Gasteiger partial charge is 0.422 e. The van der Waals surface area contributed by atoms with Crippen LogP contribution in [0, 0.1) is 0 Å². The number of hydrogen-bond acceptors (Lipinski definition) is 8. The minimum atomic E-state index is -4.47. The zero-order valence-electron chi connectivity index (χ0n) is 35.1. The monoisotopic (exact) mass is 930 g/mol. The van der Waals surface area contributed by atoms with Crippen LogP contribution in [0.3, 0.4) is 0 Å². The summed E-state index contributed by atoms with van der Waals surface area (Å²) in [6.07, 6.45) is -2.18. The molecule has 0 amide bonds. The Kier molecular flexibility index (Phi) is 21.5. The summed E-state index contributed by atoms with van der Waals surface area (Å²) in [7, 11) is 0. The Labute approximate surface area is 399 Å². The molecule has 6 aromatic rings. The van der Waals surface area contributed by atoms with Gasteiger partial charge in [-0.25, -0.2) is 14.4 Å². The molecule has 68 heavy (non-hydrogen) atoms. The predicted octanol–water partition coefficient (Wildman–Crippen LogP) is 13.8. The van der Waals surface area contributed by atoms with Crippen LogP contribution in [0.4, 0.5) is 13.2 Å². The molecular formula is C57H61F3O8. The average molecular weight is 931 g/mol. The van der Waals surface area contributed by atoms with E-state index in [1.807, 2.05) is 48.5 Å². The van der Waals surface area contributed by atoms with Crippen molar-refractivity contribution < 1.29 is 51.2 Å². The van der Waals surface area contributed by atoms with Crippen LogP contribution < -0.4 is 9.47 Å². The highest BCUT2D eigenvalue weighted by molar-refractivity contribution is 5.89. The van der Waals surface area contributed by atoms with Crippen LogP contribution in [0.25, 0.3) is 33.4 Å². The summed E-state index contributed by atoms with van der Waals surface area (Å²) >= 11 is 0. The van der Waals surface area contributed by atoms with Crippen molar-refractivity contribution in [1.82, 2.24) is 0 Å². The topological polar surface area (TPSA) is 97.4 Å². The lowest BCUT2D eigenvalue weighted by atomic mass is 9.67. The van der Waals surface area contributed by atoms with Crippen molar-refractivity contribution in [3.05, 3.63) is 205 Å². The molecule has 7 rings (SSSR count). The summed E-state index contributed by atoms with van der Waals surface area (Å²) in [6.45, 7) is 10.3. The molecule has 6 aromatic carbocycles. The molecule has 11 heteroatoms. The normalized spacial score (nSPS) is 11.2. The third-order valence-corrected chi connectivity index (χ3v) is 10.2. The highest BCUT2D eigenvalue weighted by atomic mass is 19.4. The molecule has 0 aromatic heterocycles. The molecule has 1 aliphatic carbocycles. The zero-order chi connectivity index (χ0) is 45.7. The third kappa shape index (κ3) is 13.2. The van der Waals surface area contributed by atoms with Crippen molar-refractivity contribution in [3.8, 4) is 44.9 Å². The molecule has 0 saturated carbocycles. The van der Waals surface area contributed by atoms with Gasteiger partial charge < -0.3 is 23.7 Å². The molecular weight excluding hydrogens is 870 g/mol. The van der Waals surface area contributed by atoms with Gasteiger partial charge in [0.15, 0.2) is 6.61 Å². The first-order valence-electron chi connectivity index (χ1n) is 20.2. The summed E-state index contributed by atoms with van der Waals surface area (Å²) in [5.41, 5.74) is 9.81. The molecule has 0 saturated heterocycles. The Hall–Kier alpha value is -7.66. The number of esters is 3. The van der Waals surface area contributed by atoms with Crippen molar-refractivity contribution >= 4 is 17.9 Å². The van der Waals surface area contributed by atoms with E-state index in [4.69, 9.17) is 18.9 Å². The summed E-state index contributed by atoms with van der Waals surface area (Å²) in [5.74, 6) is -0.655. The van der Waals surface area contributed by atoms with Gasteiger partial charge in [-0.2, -0.15) is 13.2 Å². The van der Waals surface area contributed by atoms with E-state index in [0.29, 0.717) is 11.5 Å². The maximum atomic E-state index is 11.7. The number of carbonyl (C=O) groups is 3. The van der Waals surface area contributed by atoms with Gasteiger partial charge in [0.05, 0.1) is 5.41 Å². The fourth-order valence-corrected chi connectivity index (χ4v) is 7.46. The largest absolute Gasteiger partial charge is 0.489 e. The molecule has 0 N–H and O–H groups in total. The summed E-state index contributed by atoms with van der Waals surface area (Å²) in [6, 6.07) is 50.2. The molecule has 0 spiro atoms. The molecule has 0 radical (unpaired) electrons. The summed E-state index contributed by atoms with van der Waals surface area (Å²) in [5, 5.41) is 0. The SMILES string of the molecule is C.C.C.C.C=C(C)C(=O)OCC(F)(F)F.C=CC(=O)OCCOc1ccc(C2(c3ccc(OCCOC(=O)C=C)c(-c4ccccc4)c3)c3ccccc3-c3ccccc32)cc1-c1ccccc1. The summed E-state index contributed by atoms with van der Waals surface area (Å²) < 4.78 is 60.9. The first kappa shape index (κ1) is 56.5. The highest BCUT2D eigenvalue weighted by Gasteiger charge is 2.46. The van der Waals surface area contributed by atoms with Crippen LogP contribution >= 0.6 is 0 Å². The van der Waals surface area contributed by atoms with E-state index >= 15 is 0 Å². The van der Waals surface area contributed by atoms with Crippen molar-refractivity contribution in [2.24, 2.45) is 0 Å². The van der Waals surface area contributed by atoms with E-state index < -0.39 is 36.1 Å². The molecule has 0 aliphatic heterocycles. The van der Waals surface area contributed by atoms with E-state index in [1.54, 1.807) is 0 Å². The van der Waals surface area contributed by atoms with Crippen LogP contribution in [-0.4, -0.2) is 57.1 Å². The van der Waals surface area contributed by atoms with Gasteiger partial charge in [0.25, 0.3) is 0 Å². The number of carbonyl (C=O) groups excluding carboxylic acids is 3. The lowest BCUT2D eigenvalue weighted by Gasteiger charge is -2.35. The number of halogens is 3. The number of hydrogen-bond donors (Lipinski definition) is 0. The van der Waals surface area contributed by atoms with Crippen molar-refractivity contribution in [2.75, 3.05) is 33.0 Å². The predicted molar refractivity (Wildman–Crippen MR) is 267 cm³/mol. The Morgan fingerprint density at radius 2 is 0.912 bits per heavy atom. The van der Waals surface area contributed by atoms with Gasteiger partial charge in [-0.1, -0.05) is 171 Å². The maximum Gasteiger partial charge on any atom is 0.422 e. The Morgan fingerprint density at radius 3 is 1.28 bits per heavy atom. The Morgan fingerprint density at radius 1 is 0.529 bits per heavy atom. The van der Waals surface area contributed by atoms with Gasteiger partial charge in [-0.05, 0) is 75.7 Å². The fourth-order valence-electron chi connectivity index (χ4n) is 7.46. The molecule has 0 atom stereocenters. The standard InChI is InChI=1S/C47H38O6.C6H7F3O2.4CH4/c1-3-45(48)52-29-27-50-43-25-23-35(31-39(43)33-15-7-5-8-16-33)47(41-21-13-11-19-37(41)38-20-12-14-22-42(38)47)36-24-26-44(51-28-30-53-46(49)4-2)40(32-36)34-17-9-6-10-18-34;1-4(2)5(10)11-3-6(7,8)9;;;;/h3-26,31-32H,1-2,27-30H2;1,3H2,2H3;4*1H4. The minimum absolute atomic E-state index is 0. The quantitative estimate of drug-likeness (QED) is 0.0409. The lowest BCUT2D eigenvalue weighted by Crippen LogP contribution is -2.29. The third-order valence-electron chi connectivity index (χ3n) is 10.2. The Balaban J connectivity index is 0.000000945. The first-order chi connectivity index (χ1) is 30.9. The van der Waals surface area contributed by atoms with Crippen LogP contribution in [0.2, 0.25) is 0 Å². The van der Waals surface area contributed by atoms with E-state index in [2.05, 4.69) is 122 Å². The van der Waals surface area contributed by atoms with Gasteiger partial charge >= 0.3 is 24.1 Å². The molecule has 1 aliphatic rings. The minimum Gasteiger partial charge on any atom is -0.489 e. The van der Waals surface area contributed by atoms with Crippen LogP contribution in [0.15, 0.2) is 183 Å². The van der Waals surface area contributed by atoms with Crippen LogP contribution in [0.5, 0.6) is 11.5 Å². The van der Waals surface area contributed by atoms with Crippen molar-refractivity contribution in [2.45, 2.75) is 48.2 Å². The molecule has 0 bridgehead atoms. The number of fused-ring (bicyclic) bond motifs is 3.